The molecule has 28 heavy (non-hydrogen) atoms. The fourth-order valence-electron chi connectivity index (χ4n) is 3.51. The summed E-state index contributed by atoms with van der Waals surface area (Å²) >= 11 is 0. The van der Waals surface area contributed by atoms with Gasteiger partial charge in [0.15, 0.2) is 0 Å². The van der Waals surface area contributed by atoms with Crippen LogP contribution in [0.5, 0.6) is 0 Å². The van der Waals surface area contributed by atoms with Crippen molar-refractivity contribution < 1.29 is 23.1 Å². The quantitative estimate of drug-likeness (QED) is 0.420. The molecule has 0 unspecified atom stereocenters. The van der Waals surface area contributed by atoms with Crippen LogP contribution in [-0.4, -0.2) is 39.2 Å². The van der Waals surface area contributed by atoms with Crippen molar-refractivity contribution in [3.8, 4) is 0 Å². The van der Waals surface area contributed by atoms with E-state index in [2.05, 4.69) is 4.98 Å². The van der Waals surface area contributed by atoms with Crippen LogP contribution in [0.25, 0.3) is 5.52 Å². The number of halogens is 3. The Bertz CT molecular complexity index is 940. The number of nitrogens with one attached hydrogen (secondary N) is 1. The maximum Gasteiger partial charge on any atom is 0.416 e. The molecule has 1 aliphatic heterocycles. The number of carbonyl (C=O) groups is 1. The molecule has 1 aliphatic rings. The predicted molar refractivity (Wildman–Crippen MR) is 97.4 cm³/mol. The zero-order chi connectivity index (χ0) is 20.6. The number of nitrogens with zero attached hydrogens (tertiary/aromatic N) is 3. The average Bonchev–Trinajstić information content (AvgIpc) is 3.08. The number of alkyl halides is 3. The van der Waals surface area contributed by atoms with E-state index in [4.69, 9.17) is 11.1 Å². The molecule has 0 bridgehead atoms. The molecule has 2 aromatic heterocycles. The molecule has 0 radical (unpaired) electrons. The Hall–Kier alpha value is -3.04. The fourth-order valence-corrected chi connectivity index (χ4v) is 3.51. The Morgan fingerprint density at radius 2 is 1.96 bits per heavy atom. The summed E-state index contributed by atoms with van der Waals surface area (Å²) in [5.74, 6) is -1.12. The minimum Gasteiger partial charge on any atom is -0.511 e. The number of aromatic nitrogens is 2. The summed E-state index contributed by atoms with van der Waals surface area (Å²) in [6.45, 7) is 2.10. The van der Waals surface area contributed by atoms with E-state index in [1.807, 2.05) is 0 Å². The van der Waals surface area contributed by atoms with E-state index in [0.717, 1.165) is 12.1 Å². The second-order valence-electron chi connectivity index (χ2n) is 6.80. The number of imidazole rings is 1. The Morgan fingerprint density at radius 3 is 2.50 bits per heavy atom. The van der Waals surface area contributed by atoms with Gasteiger partial charge < -0.3 is 21.1 Å². The van der Waals surface area contributed by atoms with Crippen molar-refractivity contribution in [1.29, 1.82) is 5.41 Å². The van der Waals surface area contributed by atoms with Crippen LogP contribution < -0.4 is 10.6 Å². The molecule has 0 atom stereocenters. The van der Waals surface area contributed by atoms with E-state index in [0.29, 0.717) is 37.3 Å². The van der Waals surface area contributed by atoms with Gasteiger partial charge in [-0.2, -0.15) is 13.2 Å². The summed E-state index contributed by atoms with van der Waals surface area (Å²) in [5, 5.41) is 18.0. The molecule has 10 heteroatoms. The summed E-state index contributed by atoms with van der Waals surface area (Å²) < 4.78 is 41.3. The van der Waals surface area contributed by atoms with Crippen molar-refractivity contribution in [3.63, 3.8) is 0 Å². The molecular weight excluding hydrogens is 375 g/mol. The molecule has 1 saturated heterocycles. The van der Waals surface area contributed by atoms with Crippen LogP contribution in [-0.2, 0) is 11.0 Å². The number of primary amides is 1. The van der Waals surface area contributed by atoms with Crippen molar-refractivity contribution in [1.82, 2.24) is 9.38 Å². The fraction of sp³-hybridized carbons (Fsp3) is 0.389. The largest absolute Gasteiger partial charge is 0.511 e. The summed E-state index contributed by atoms with van der Waals surface area (Å²) in [6.07, 6.45) is -0.841. The molecule has 150 valence electrons. The Labute approximate surface area is 158 Å². The highest BCUT2D eigenvalue weighted by atomic mass is 19.4. The van der Waals surface area contributed by atoms with Gasteiger partial charge in [0.2, 0.25) is 0 Å². The third-order valence-electron chi connectivity index (χ3n) is 4.91. The van der Waals surface area contributed by atoms with Crippen molar-refractivity contribution >= 4 is 23.0 Å². The number of fused-ring (bicyclic) bond motifs is 1. The highest BCUT2D eigenvalue weighted by Crippen LogP contribution is 2.35. The summed E-state index contributed by atoms with van der Waals surface area (Å²) in [4.78, 5) is 17.2. The van der Waals surface area contributed by atoms with Crippen molar-refractivity contribution in [2.45, 2.75) is 25.9 Å². The van der Waals surface area contributed by atoms with E-state index < -0.39 is 17.6 Å². The molecule has 7 nitrogen and oxygen atoms in total. The van der Waals surface area contributed by atoms with Gasteiger partial charge in [-0.1, -0.05) is 0 Å². The Kier molecular flexibility index (Phi) is 5.05. The lowest BCUT2D eigenvalue weighted by atomic mass is 9.91. The number of nitrogens with two attached hydrogens (primary N) is 1. The molecule has 0 aromatic carbocycles. The first-order chi connectivity index (χ1) is 13.1. The van der Waals surface area contributed by atoms with E-state index in [1.54, 1.807) is 9.30 Å². The van der Waals surface area contributed by atoms with Crippen LogP contribution in [0, 0.1) is 11.3 Å². The van der Waals surface area contributed by atoms with E-state index >= 15 is 0 Å². The number of pyridine rings is 1. The van der Waals surface area contributed by atoms with Gasteiger partial charge in [0.25, 0.3) is 5.91 Å². The van der Waals surface area contributed by atoms with E-state index in [-0.39, 0.29) is 23.0 Å². The molecule has 1 fully saturated rings. The molecule has 3 rings (SSSR count). The van der Waals surface area contributed by atoms with Crippen LogP contribution in [0.2, 0.25) is 0 Å². The topological polar surface area (TPSA) is 108 Å². The van der Waals surface area contributed by atoms with Gasteiger partial charge in [0.1, 0.15) is 17.9 Å². The number of piperidine rings is 1. The lowest BCUT2D eigenvalue weighted by molar-refractivity contribution is -0.137. The van der Waals surface area contributed by atoms with Crippen LogP contribution in [0.1, 0.15) is 25.3 Å². The number of hydrogen-bond acceptors (Lipinski definition) is 5. The van der Waals surface area contributed by atoms with Crippen molar-refractivity contribution in [2.24, 2.45) is 11.7 Å². The normalized spacial score (nSPS) is 16.9. The molecule has 2 aromatic rings. The number of allylic oxidation sites excluding steroid dienone is 1. The molecule has 0 saturated carbocycles. The predicted octanol–water partition coefficient (Wildman–Crippen LogP) is 2.91. The van der Waals surface area contributed by atoms with Gasteiger partial charge in [-0.05, 0) is 31.9 Å². The van der Waals surface area contributed by atoms with Gasteiger partial charge in [0.05, 0.1) is 22.9 Å². The zero-order valence-corrected chi connectivity index (χ0v) is 15.1. The molecular formula is C18H20F3N5O2. The Balaban J connectivity index is 1.88. The molecule has 4 N–H and O–H groups in total. The molecule has 1 amide bonds. The number of hydrogen-bond donors (Lipinski definition) is 3. The first-order valence-electron chi connectivity index (χ1n) is 8.66. The molecule has 0 aliphatic carbocycles. The van der Waals surface area contributed by atoms with Crippen molar-refractivity contribution in [3.05, 3.63) is 41.6 Å². The minimum absolute atomic E-state index is 0.120. The minimum atomic E-state index is -4.47. The van der Waals surface area contributed by atoms with Gasteiger partial charge in [-0.15, -0.1) is 0 Å². The number of aliphatic hydroxyl groups excluding tert-OH is 1. The molecule has 0 spiro atoms. The van der Waals surface area contributed by atoms with Crippen LogP contribution in [0.4, 0.5) is 19.0 Å². The summed E-state index contributed by atoms with van der Waals surface area (Å²) in [7, 11) is 0. The van der Waals surface area contributed by atoms with Gasteiger partial charge in [0, 0.05) is 24.7 Å². The van der Waals surface area contributed by atoms with E-state index in [9.17, 15) is 23.1 Å². The Morgan fingerprint density at radius 1 is 1.32 bits per heavy atom. The smallest absolute Gasteiger partial charge is 0.416 e. The first-order valence-corrected chi connectivity index (χ1v) is 8.66. The number of carbonyl (C=O) groups excluding carboxylic acids is 1. The first kappa shape index (κ1) is 19.7. The summed E-state index contributed by atoms with van der Waals surface area (Å²) in [6, 6.07) is 2.13. The third kappa shape index (κ3) is 3.67. The second-order valence-corrected chi connectivity index (χ2v) is 6.80. The molecule has 3 heterocycles. The van der Waals surface area contributed by atoms with Gasteiger partial charge in [-0.3, -0.25) is 9.20 Å². The van der Waals surface area contributed by atoms with Crippen LogP contribution >= 0.6 is 0 Å². The highest BCUT2D eigenvalue weighted by molar-refractivity contribution is 6.19. The monoisotopic (exact) mass is 395 g/mol. The second kappa shape index (κ2) is 7.17. The standard InChI is InChI=1S/C18H20F3N5O2/c1-10(22)15(17(23)28)16(27)11-2-4-25(5-3-11)14-7-12(18(19,20)21)6-13-8-24-9-26(13)14/h6-9,11,22,27H,2-5H2,1H3,(H2,23,28)/b16-15+,22-10?. The SMILES string of the molecule is CC(=N)/C(C(N)=O)=C(\O)C1CCN(c2cc(C(F)(F)F)cc3cncn23)CC1. The van der Waals surface area contributed by atoms with Crippen LogP contribution in [0.3, 0.4) is 0 Å². The van der Waals surface area contributed by atoms with Crippen LogP contribution in [0.15, 0.2) is 36.0 Å². The van der Waals surface area contributed by atoms with Gasteiger partial charge in [-0.25, -0.2) is 4.98 Å². The number of aliphatic hydroxyl groups is 1. The number of anilines is 1. The lowest BCUT2D eigenvalue weighted by Gasteiger charge is -2.34. The van der Waals surface area contributed by atoms with E-state index in [1.165, 1.54) is 19.4 Å². The zero-order valence-electron chi connectivity index (χ0n) is 15.1. The summed E-state index contributed by atoms with van der Waals surface area (Å²) in [5.41, 5.74) is 4.51. The maximum atomic E-state index is 13.2. The maximum absolute atomic E-state index is 13.2. The number of rotatable bonds is 4. The third-order valence-corrected chi connectivity index (χ3v) is 4.91. The lowest BCUT2D eigenvalue weighted by Crippen LogP contribution is -2.36. The van der Waals surface area contributed by atoms with Crippen molar-refractivity contribution in [2.75, 3.05) is 18.0 Å². The number of amides is 1. The van der Waals surface area contributed by atoms with Gasteiger partial charge >= 0.3 is 6.18 Å². The average molecular weight is 395 g/mol. The highest BCUT2D eigenvalue weighted by Gasteiger charge is 2.33.